The van der Waals surface area contributed by atoms with E-state index >= 15 is 0 Å². The van der Waals surface area contributed by atoms with Crippen molar-refractivity contribution in [1.29, 1.82) is 0 Å². The zero-order chi connectivity index (χ0) is 12.5. The van der Waals surface area contributed by atoms with Gasteiger partial charge in [0.2, 0.25) is 0 Å². The number of benzene rings is 2. The summed E-state index contributed by atoms with van der Waals surface area (Å²) in [6, 6.07) is 13.0. The van der Waals surface area contributed by atoms with Crippen molar-refractivity contribution < 1.29 is 8.78 Å². The SMILES string of the molecule is Fc1cccc(Cn2ccc3cc(F)ccc32)c1. The fraction of sp³-hybridized carbons (Fsp3) is 0.0667. The molecule has 90 valence electrons. The van der Waals surface area contributed by atoms with Gasteiger partial charge >= 0.3 is 0 Å². The Hall–Kier alpha value is -2.16. The molecule has 0 unspecified atom stereocenters. The molecular formula is C15H11F2N. The second-order valence-electron chi connectivity index (χ2n) is 4.28. The highest BCUT2D eigenvalue weighted by molar-refractivity contribution is 5.80. The summed E-state index contributed by atoms with van der Waals surface area (Å²) in [4.78, 5) is 0. The molecule has 2 aromatic carbocycles. The number of hydrogen-bond donors (Lipinski definition) is 0. The van der Waals surface area contributed by atoms with Crippen molar-refractivity contribution in [3.8, 4) is 0 Å². The molecule has 0 radical (unpaired) electrons. The summed E-state index contributed by atoms with van der Waals surface area (Å²) >= 11 is 0. The summed E-state index contributed by atoms with van der Waals surface area (Å²) in [5, 5.41) is 0.853. The first-order chi connectivity index (χ1) is 8.72. The van der Waals surface area contributed by atoms with Gasteiger partial charge in [0, 0.05) is 23.6 Å². The van der Waals surface area contributed by atoms with E-state index < -0.39 is 0 Å². The van der Waals surface area contributed by atoms with E-state index in [4.69, 9.17) is 0 Å². The van der Waals surface area contributed by atoms with Crippen LogP contribution in [0.4, 0.5) is 8.78 Å². The predicted octanol–water partition coefficient (Wildman–Crippen LogP) is 3.97. The Bertz CT molecular complexity index is 701. The zero-order valence-corrected chi connectivity index (χ0v) is 9.61. The lowest BCUT2D eigenvalue weighted by Crippen LogP contribution is -1.98. The van der Waals surface area contributed by atoms with Gasteiger partial charge < -0.3 is 4.57 Å². The van der Waals surface area contributed by atoms with E-state index in [9.17, 15) is 8.78 Å². The molecule has 0 saturated carbocycles. The van der Waals surface area contributed by atoms with Crippen LogP contribution in [0.5, 0.6) is 0 Å². The van der Waals surface area contributed by atoms with Gasteiger partial charge in [-0.1, -0.05) is 12.1 Å². The molecule has 0 bridgehead atoms. The first-order valence-corrected chi connectivity index (χ1v) is 5.71. The molecule has 0 fully saturated rings. The fourth-order valence-electron chi connectivity index (χ4n) is 2.14. The van der Waals surface area contributed by atoms with Gasteiger partial charge in [0.05, 0.1) is 0 Å². The van der Waals surface area contributed by atoms with Crippen LogP contribution < -0.4 is 0 Å². The molecule has 0 atom stereocenters. The lowest BCUT2D eigenvalue weighted by Gasteiger charge is -2.05. The molecular weight excluding hydrogens is 232 g/mol. The van der Waals surface area contributed by atoms with Crippen molar-refractivity contribution in [3.63, 3.8) is 0 Å². The molecule has 0 saturated heterocycles. The summed E-state index contributed by atoms with van der Waals surface area (Å²) in [5.74, 6) is -0.485. The van der Waals surface area contributed by atoms with E-state index in [1.807, 2.05) is 22.9 Å². The fourth-order valence-corrected chi connectivity index (χ4v) is 2.14. The molecule has 18 heavy (non-hydrogen) atoms. The molecule has 0 aliphatic heterocycles. The molecule has 0 amide bonds. The van der Waals surface area contributed by atoms with Crippen LogP contribution in [0.1, 0.15) is 5.56 Å². The average Bonchev–Trinajstić information content (AvgIpc) is 2.72. The van der Waals surface area contributed by atoms with Crippen LogP contribution in [0.15, 0.2) is 54.7 Å². The quantitative estimate of drug-likeness (QED) is 0.642. The number of hydrogen-bond acceptors (Lipinski definition) is 0. The third-order valence-corrected chi connectivity index (χ3v) is 2.97. The van der Waals surface area contributed by atoms with Gasteiger partial charge in [-0.05, 0) is 42.0 Å². The first-order valence-electron chi connectivity index (χ1n) is 5.71. The van der Waals surface area contributed by atoms with E-state index in [-0.39, 0.29) is 11.6 Å². The molecule has 0 N–H and O–H groups in total. The van der Waals surface area contributed by atoms with Crippen LogP contribution in [0.3, 0.4) is 0 Å². The van der Waals surface area contributed by atoms with E-state index in [0.29, 0.717) is 6.54 Å². The minimum absolute atomic E-state index is 0.241. The first kappa shape index (κ1) is 11.0. The van der Waals surface area contributed by atoms with Gasteiger partial charge in [-0.2, -0.15) is 0 Å². The second-order valence-corrected chi connectivity index (χ2v) is 4.28. The van der Waals surface area contributed by atoms with Crippen LogP contribution in [0.25, 0.3) is 10.9 Å². The van der Waals surface area contributed by atoms with Crippen LogP contribution in [-0.4, -0.2) is 4.57 Å². The Morgan fingerprint density at radius 2 is 1.72 bits per heavy atom. The summed E-state index contributed by atoms with van der Waals surface area (Å²) in [5.41, 5.74) is 1.83. The lowest BCUT2D eigenvalue weighted by atomic mass is 10.2. The Balaban J connectivity index is 2.00. The third kappa shape index (κ3) is 1.99. The molecule has 0 aliphatic rings. The topological polar surface area (TPSA) is 4.93 Å². The molecule has 3 rings (SSSR count). The van der Waals surface area contributed by atoms with Gasteiger partial charge in [0.1, 0.15) is 11.6 Å². The maximum absolute atomic E-state index is 13.1. The Morgan fingerprint density at radius 3 is 2.56 bits per heavy atom. The van der Waals surface area contributed by atoms with Gasteiger partial charge in [-0.3, -0.25) is 0 Å². The van der Waals surface area contributed by atoms with Gasteiger partial charge in [-0.15, -0.1) is 0 Å². The van der Waals surface area contributed by atoms with E-state index in [1.165, 1.54) is 24.3 Å². The van der Waals surface area contributed by atoms with Crippen LogP contribution >= 0.6 is 0 Å². The minimum Gasteiger partial charge on any atom is -0.343 e. The molecule has 3 heteroatoms. The van der Waals surface area contributed by atoms with Crippen molar-refractivity contribution >= 4 is 10.9 Å². The van der Waals surface area contributed by atoms with Crippen molar-refractivity contribution in [2.75, 3.05) is 0 Å². The number of fused-ring (bicyclic) bond motifs is 1. The molecule has 1 heterocycles. The predicted molar refractivity (Wildman–Crippen MR) is 67.4 cm³/mol. The van der Waals surface area contributed by atoms with Gasteiger partial charge in [0.15, 0.2) is 0 Å². The molecule has 1 aromatic heterocycles. The highest BCUT2D eigenvalue weighted by Crippen LogP contribution is 2.18. The molecule has 0 aliphatic carbocycles. The van der Waals surface area contributed by atoms with Crippen molar-refractivity contribution in [2.24, 2.45) is 0 Å². The summed E-state index contributed by atoms with van der Waals surface area (Å²) < 4.78 is 28.1. The van der Waals surface area contributed by atoms with Crippen molar-refractivity contribution in [1.82, 2.24) is 4.57 Å². The van der Waals surface area contributed by atoms with Crippen LogP contribution in [0.2, 0.25) is 0 Å². The number of rotatable bonds is 2. The zero-order valence-electron chi connectivity index (χ0n) is 9.61. The van der Waals surface area contributed by atoms with Gasteiger partial charge in [-0.25, -0.2) is 8.78 Å². The third-order valence-electron chi connectivity index (χ3n) is 2.97. The van der Waals surface area contributed by atoms with Gasteiger partial charge in [0.25, 0.3) is 0 Å². The van der Waals surface area contributed by atoms with E-state index in [1.54, 1.807) is 12.1 Å². The van der Waals surface area contributed by atoms with Crippen LogP contribution in [-0.2, 0) is 6.54 Å². The smallest absolute Gasteiger partial charge is 0.123 e. The Labute approximate surface area is 103 Å². The lowest BCUT2D eigenvalue weighted by molar-refractivity contribution is 0.624. The van der Waals surface area contributed by atoms with Crippen molar-refractivity contribution in [2.45, 2.75) is 6.54 Å². The average molecular weight is 243 g/mol. The maximum Gasteiger partial charge on any atom is 0.123 e. The van der Waals surface area contributed by atoms with E-state index in [0.717, 1.165) is 16.5 Å². The Morgan fingerprint density at radius 1 is 0.889 bits per heavy atom. The summed E-state index contributed by atoms with van der Waals surface area (Å²) in [6.45, 7) is 0.576. The molecule has 1 nitrogen and oxygen atoms in total. The molecule has 0 spiro atoms. The highest BCUT2D eigenvalue weighted by atomic mass is 19.1. The molecule has 3 aromatic rings. The van der Waals surface area contributed by atoms with E-state index in [2.05, 4.69) is 0 Å². The number of nitrogens with zero attached hydrogens (tertiary/aromatic N) is 1. The maximum atomic E-state index is 13.1. The van der Waals surface area contributed by atoms with Crippen molar-refractivity contribution in [3.05, 3.63) is 71.9 Å². The minimum atomic E-state index is -0.244. The standard InChI is InChI=1S/C15H11F2N/c16-13-3-1-2-11(8-13)10-18-7-6-12-9-14(17)4-5-15(12)18/h1-9H,10H2. The van der Waals surface area contributed by atoms with Crippen LogP contribution in [0, 0.1) is 11.6 Å². The largest absolute Gasteiger partial charge is 0.343 e. The Kier molecular flexibility index (Phi) is 2.59. The second kappa shape index (κ2) is 4.26. The normalized spacial score (nSPS) is 11.0. The number of aromatic nitrogens is 1. The summed E-state index contributed by atoms with van der Waals surface area (Å²) in [6.07, 6.45) is 1.88. The summed E-state index contributed by atoms with van der Waals surface area (Å²) in [7, 11) is 0. The highest BCUT2D eigenvalue weighted by Gasteiger charge is 2.03. The number of halogens is 2. The monoisotopic (exact) mass is 243 g/mol.